The molecule has 0 aromatic carbocycles. The molecule has 1 unspecified atom stereocenters. The SMILES string of the molecule is CN1CCN(CCNC(=O)c2cc3n(n2)CC(C)(C(=O)NC2CCCCC2)N(C)C3=O)CC1. The van der Waals surface area contributed by atoms with E-state index >= 15 is 0 Å². The number of nitrogens with zero attached hydrogens (tertiary/aromatic N) is 5. The fraction of sp³-hybridized carbons (Fsp3) is 0.739. The number of hydrogen-bond acceptors (Lipinski definition) is 6. The van der Waals surface area contributed by atoms with Crippen LogP contribution in [-0.4, -0.2) is 107 Å². The fourth-order valence-electron chi connectivity index (χ4n) is 4.92. The number of carbonyl (C=O) groups excluding carboxylic acids is 3. The Hall–Kier alpha value is -2.46. The van der Waals surface area contributed by atoms with Gasteiger partial charge in [0.1, 0.15) is 11.2 Å². The highest BCUT2D eigenvalue weighted by atomic mass is 16.2. The molecule has 1 aromatic rings. The van der Waals surface area contributed by atoms with E-state index in [-0.39, 0.29) is 36.0 Å². The lowest BCUT2D eigenvalue weighted by Gasteiger charge is -2.41. The topological polar surface area (TPSA) is 103 Å². The molecule has 0 bridgehead atoms. The molecule has 182 valence electrons. The number of fused-ring (bicyclic) bond motifs is 1. The molecule has 2 aliphatic heterocycles. The van der Waals surface area contributed by atoms with Crippen molar-refractivity contribution in [1.82, 2.24) is 35.1 Å². The highest BCUT2D eigenvalue weighted by Gasteiger charge is 2.46. The predicted octanol–water partition coefficient (Wildman–Crippen LogP) is 0.154. The molecule has 2 fully saturated rings. The molecule has 1 atom stereocenters. The third-order valence-corrected chi connectivity index (χ3v) is 7.47. The van der Waals surface area contributed by atoms with Crippen molar-refractivity contribution in [1.29, 1.82) is 0 Å². The van der Waals surface area contributed by atoms with E-state index in [1.807, 2.05) is 0 Å². The first kappa shape index (κ1) is 23.7. The molecular weight excluding hydrogens is 422 g/mol. The first-order valence-corrected chi connectivity index (χ1v) is 12.1. The molecule has 0 spiro atoms. The van der Waals surface area contributed by atoms with Crippen LogP contribution < -0.4 is 10.6 Å². The first-order chi connectivity index (χ1) is 15.8. The van der Waals surface area contributed by atoms with Gasteiger partial charge in [0.2, 0.25) is 5.91 Å². The quantitative estimate of drug-likeness (QED) is 0.628. The van der Waals surface area contributed by atoms with Gasteiger partial charge in [-0.15, -0.1) is 0 Å². The third-order valence-electron chi connectivity index (χ3n) is 7.47. The largest absolute Gasteiger partial charge is 0.351 e. The summed E-state index contributed by atoms with van der Waals surface area (Å²) in [6.45, 7) is 7.35. The second-order valence-corrected chi connectivity index (χ2v) is 9.92. The highest BCUT2D eigenvalue weighted by Crippen LogP contribution is 2.27. The van der Waals surface area contributed by atoms with E-state index < -0.39 is 5.54 Å². The van der Waals surface area contributed by atoms with E-state index in [0.29, 0.717) is 12.2 Å². The summed E-state index contributed by atoms with van der Waals surface area (Å²) in [5.41, 5.74) is -0.505. The molecule has 1 saturated carbocycles. The van der Waals surface area contributed by atoms with Gasteiger partial charge in [0, 0.05) is 58.4 Å². The molecule has 1 saturated heterocycles. The van der Waals surface area contributed by atoms with Crippen LogP contribution in [0.4, 0.5) is 0 Å². The molecule has 1 aromatic heterocycles. The van der Waals surface area contributed by atoms with Crippen LogP contribution in [0, 0.1) is 0 Å². The van der Waals surface area contributed by atoms with Gasteiger partial charge in [-0.3, -0.25) is 24.0 Å². The second-order valence-electron chi connectivity index (χ2n) is 9.92. The third kappa shape index (κ3) is 5.06. The van der Waals surface area contributed by atoms with Crippen LogP contribution in [0.2, 0.25) is 0 Å². The summed E-state index contributed by atoms with van der Waals surface area (Å²) in [6.07, 6.45) is 5.40. The summed E-state index contributed by atoms with van der Waals surface area (Å²) < 4.78 is 1.51. The number of carbonyl (C=O) groups is 3. The van der Waals surface area contributed by atoms with Crippen LogP contribution in [0.3, 0.4) is 0 Å². The van der Waals surface area contributed by atoms with Crippen molar-refractivity contribution in [2.75, 3.05) is 53.4 Å². The molecule has 3 amide bonds. The van der Waals surface area contributed by atoms with Crippen LogP contribution in [0.1, 0.15) is 60.0 Å². The van der Waals surface area contributed by atoms with Crippen LogP contribution in [-0.2, 0) is 11.3 Å². The Labute approximate surface area is 195 Å². The van der Waals surface area contributed by atoms with E-state index in [2.05, 4.69) is 32.6 Å². The van der Waals surface area contributed by atoms with Crippen LogP contribution in [0.25, 0.3) is 0 Å². The molecule has 0 radical (unpaired) electrons. The summed E-state index contributed by atoms with van der Waals surface area (Å²) in [7, 11) is 3.76. The Bertz CT molecular complexity index is 887. The van der Waals surface area contributed by atoms with Crippen molar-refractivity contribution in [3.8, 4) is 0 Å². The lowest BCUT2D eigenvalue weighted by molar-refractivity contribution is -0.133. The molecule has 2 N–H and O–H groups in total. The highest BCUT2D eigenvalue weighted by molar-refractivity contribution is 6.01. The zero-order valence-electron chi connectivity index (χ0n) is 20.1. The predicted molar refractivity (Wildman–Crippen MR) is 124 cm³/mol. The van der Waals surface area contributed by atoms with E-state index in [4.69, 9.17) is 0 Å². The van der Waals surface area contributed by atoms with Gasteiger partial charge in [0.15, 0.2) is 5.69 Å². The van der Waals surface area contributed by atoms with Crippen molar-refractivity contribution in [3.63, 3.8) is 0 Å². The molecule has 10 heteroatoms. The van der Waals surface area contributed by atoms with Gasteiger partial charge in [-0.2, -0.15) is 5.10 Å². The zero-order chi connectivity index (χ0) is 23.6. The number of nitrogens with one attached hydrogen (secondary N) is 2. The number of amides is 3. The Morgan fingerprint density at radius 2 is 1.82 bits per heavy atom. The molecule has 10 nitrogen and oxygen atoms in total. The van der Waals surface area contributed by atoms with Crippen molar-refractivity contribution >= 4 is 17.7 Å². The van der Waals surface area contributed by atoms with Gasteiger partial charge in [-0.1, -0.05) is 19.3 Å². The average Bonchev–Trinajstić information content (AvgIpc) is 3.23. The number of piperazine rings is 1. The van der Waals surface area contributed by atoms with Crippen LogP contribution in [0.5, 0.6) is 0 Å². The molecule has 33 heavy (non-hydrogen) atoms. The van der Waals surface area contributed by atoms with Gasteiger partial charge in [-0.05, 0) is 26.8 Å². The molecule has 4 rings (SSSR count). The smallest absolute Gasteiger partial charge is 0.272 e. The van der Waals surface area contributed by atoms with Crippen molar-refractivity contribution in [3.05, 3.63) is 17.5 Å². The normalized spacial score (nSPS) is 25.1. The standard InChI is InChI=1S/C23H37N7O3/c1-23(22(33)25-17-7-5-4-6-8-17)16-30-19(21(32)28(23)3)15-18(26-30)20(31)24-9-10-29-13-11-27(2)12-14-29/h15,17H,4-14,16H2,1-3H3,(H,24,31)(H,25,33). The van der Waals surface area contributed by atoms with Crippen LogP contribution in [0.15, 0.2) is 6.07 Å². The molecule has 3 heterocycles. The monoisotopic (exact) mass is 459 g/mol. The minimum absolute atomic E-state index is 0.159. The Morgan fingerprint density at radius 1 is 1.12 bits per heavy atom. The Morgan fingerprint density at radius 3 is 2.52 bits per heavy atom. The zero-order valence-corrected chi connectivity index (χ0v) is 20.1. The second kappa shape index (κ2) is 9.80. The van der Waals surface area contributed by atoms with Gasteiger partial charge < -0.3 is 20.4 Å². The first-order valence-electron chi connectivity index (χ1n) is 12.1. The average molecular weight is 460 g/mol. The van der Waals surface area contributed by atoms with Gasteiger partial charge in [-0.25, -0.2) is 0 Å². The number of aromatic nitrogens is 2. The maximum atomic E-state index is 13.2. The van der Waals surface area contributed by atoms with Crippen molar-refractivity contribution in [2.24, 2.45) is 0 Å². The van der Waals surface area contributed by atoms with E-state index in [1.54, 1.807) is 14.0 Å². The summed E-state index contributed by atoms with van der Waals surface area (Å²) in [5, 5.41) is 10.4. The van der Waals surface area contributed by atoms with Gasteiger partial charge in [0.25, 0.3) is 11.8 Å². The molecule has 3 aliphatic rings. The molecule has 1 aliphatic carbocycles. The lowest BCUT2D eigenvalue weighted by atomic mass is 9.92. The van der Waals surface area contributed by atoms with E-state index in [0.717, 1.165) is 58.4 Å². The summed E-state index contributed by atoms with van der Waals surface area (Å²) in [6, 6.07) is 1.69. The van der Waals surface area contributed by atoms with Crippen molar-refractivity contribution in [2.45, 2.75) is 57.2 Å². The number of likely N-dealkylation sites (N-methyl/N-ethyl adjacent to an activating group) is 2. The maximum Gasteiger partial charge on any atom is 0.272 e. The van der Waals surface area contributed by atoms with Gasteiger partial charge >= 0.3 is 0 Å². The Kier molecular flexibility index (Phi) is 7.04. The Balaban J connectivity index is 1.38. The maximum absolute atomic E-state index is 13.2. The lowest BCUT2D eigenvalue weighted by Crippen LogP contribution is -2.63. The van der Waals surface area contributed by atoms with Crippen LogP contribution >= 0.6 is 0 Å². The summed E-state index contributed by atoms with van der Waals surface area (Å²) in [4.78, 5) is 45.0. The van der Waals surface area contributed by atoms with Gasteiger partial charge in [0.05, 0.1) is 6.54 Å². The minimum Gasteiger partial charge on any atom is -0.351 e. The minimum atomic E-state index is -1.05. The summed E-state index contributed by atoms with van der Waals surface area (Å²) in [5.74, 6) is -0.758. The fourth-order valence-corrected chi connectivity index (χ4v) is 4.92. The molecular formula is C23H37N7O3. The number of hydrogen-bond donors (Lipinski definition) is 2. The number of rotatable bonds is 6. The van der Waals surface area contributed by atoms with Crippen molar-refractivity contribution < 1.29 is 14.4 Å². The van der Waals surface area contributed by atoms with E-state index in [1.165, 1.54) is 22.1 Å². The van der Waals surface area contributed by atoms with E-state index in [9.17, 15) is 14.4 Å². The summed E-state index contributed by atoms with van der Waals surface area (Å²) >= 11 is 0.